The molecule has 4 nitrogen and oxygen atoms in total. The molecule has 1 aromatic carbocycles. The molecule has 0 atom stereocenters. The van der Waals surface area contributed by atoms with Crippen LogP contribution in [0.2, 0.25) is 5.02 Å². The van der Waals surface area contributed by atoms with E-state index in [0.717, 1.165) is 26.4 Å². The standard InChI is InChI=1S/C16H10ClN3OS4/c17-10-3-5-12(6-4-10)20-16(22)25-15(18-20)24-9-11-8-13(21-19-11)14-2-1-7-23-14/h1-8H,9H2. The van der Waals surface area contributed by atoms with Gasteiger partial charge in [-0.3, -0.25) is 0 Å². The Hall–Kier alpha value is -1.45. The fourth-order valence-electron chi connectivity index (χ4n) is 2.11. The van der Waals surface area contributed by atoms with Gasteiger partial charge in [0.05, 0.1) is 16.3 Å². The van der Waals surface area contributed by atoms with Crippen LogP contribution >= 0.6 is 58.3 Å². The highest BCUT2D eigenvalue weighted by Crippen LogP contribution is 2.30. The van der Waals surface area contributed by atoms with Crippen molar-refractivity contribution in [1.82, 2.24) is 14.9 Å². The second kappa shape index (κ2) is 7.43. The SMILES string of the molecule is S=c1sc(SCc2cc(-c3cccs3)on2)nn1-c1ccc(Cl)cc1. The van der Waals surface area contributed by atoms with Crippen LogP contribution < -0.4 is 0 Å². The normalized spacial score (nSPS) is 11.1. The van der Waals surface area contributed by atoms with Gasteiger partial charge in [0.25, 0.3) is 0 Å². The van der Waals surface area contributed by atoms with Crippen molar-refractivity contribution in [3.63, 3.8) is 0 Å². The van der Waals surface area contributed by atoms with Crippen molar-refractivity contribution < 1.29 is 4.52 Å². The molecular weight excluding hydrogens is 414 g/mol. The average molecular weight is 424 g/mol. The van der Waals surface area contributed by atoms with E-state index >= 15 is 0 Å². The molecule has 126 valence electrons. The minimum Gasteiger partial charge on any atom is -0.355 e. The van der Waals surface area contributed by atoms with E-state index in [-0.39, 0.29) is 0 Å². The van der Waals surface area contributed by atoms with Crippen molar-refractivity contribution in [2.24, 2.45) is 0 Å². The van der Waals surface area contributed by atoms with Crippen LogP contribution in [0, 0.1) is 3.95 Å². The molecule has 0 amide bonds. The molecule has 0 unspecified atom stereocenters. The molecule has 0 saturated carbocycles. The van der Waals surface area contributed by atoms with Gasteiger partial charge in [-0.25, -0.2) is 4.68 Å². The van der Waals surface area contributed by atoms with E-state index in [4.69, 9.17) is 28.3 Å². The zero-order valence-electron chi connectivity index (χ0n) is 12.6. The maximum absolute atomic E-state index is 5.93. The Morgan fingerprint density at radius 1 is 1.24 bits per heavy atom. The first kappa shape index (κ1) is 17.0. The molecule has 3 heterocycles. The second-order valence-electron chi connectivity index (χ2n) is 4.97. The van der Waals surface area contributed by atoms with Crippen LogP contribution in [-0.2, 0) is 5.75 Å². The summed E-state index contributed by atoms with van der Waals surface area (Å²) in [5.41, 5.74) is 1.78. The summed E-state index contributed by atoms with van der Waals surface area (Å²) in [6.07, 6.45) is 0. The van der Waals surface area contributed by atoms with Crippen molar-refractivity contribution in [2.75, 3.05) is 0 Å². The Bertz CT molecular complexity index is 1030. The van der Waals surface area contributed by atoms with E-state index in [0.29, 0.717) is 14.7 Å². The monoisotopic (exact) mass is 423 g/mol. The van der Waals surface area contributed by atoms with E-state index in [9.17, 15) is 0 Å². The van der Waals surface area contributed by atoms with Gasteiger partial charge >= 0.3 is 0 Å². The number of halogens is 1. The molecule has 0 aliphatic carbocycles. The van der Waals surface area contributed by atoms with Gasteiger partial charge in [0, 0.05) is 16.8 Å². The maximum Gasteiger partial charge on any atom is 0.184 e. The zero-order chi connectivity index (χ0) is 17.2. The van der Waals surface area contributed by atoms with E-state index in [1.165, 1.54) is 11.3 Å². The minimum absolute atomic E-state index is 0.678. The molecule has 0 saturated heterocycles. The number of benzene rings is 1. The molecule has 0 fully saturated rings. The highest BCUT2D eigenvalue weighted by molar-refractivity contribution is 8.00. The lowest BCUT2D eigenvalue weighted by Crippen LogP contribution is -1.95. The molecule has 0 bridgehead atoms. The topological polar surface area (TPSA) is 43.9 Å². The Balaban J connectivity index is 1.48. The molecule has 0 spiro atoms. The average Bonchev–Trinajstić information content (AvgIpc) is 3.34. The Morgan fingerprint density at radius 3 is 2.84 bits per heavy atom. The summed E-state index contributed by atoms with van der Waals surface area (Å²) < 4.78 is 8.74. The maximum atomic E-state index is 5.93. The van der Waals surface area contributed by atoms with Crippen LogP contribution in [-0.4, -0.2) is 14.9 Å². The highest BCUT2D eigenvalue weighted by Gasteiger charge is 2.11. The molecular formula is C16H10ClN3OS4. The fraction of sp³-hybridized carbons (Fsp3) is 0.0625. The second-order valence-corrected chi connectivity index (χ2v) is 9.20. The molecule has 0 radical (unpaired) electrons. The van der Waals surface area contributed by atoms with E-state index in [2.05, 4.69) is 10.3 Å². The summed E-state index contributed by atoms with van der Waals surface area (Å²) in [5, 5.41) is 11.4. The molecule has 4 aromatic rings. The summed E-state index contributed by atoms with van der Waals surface area (Å²) in [5.74, 6) is 1.47. The number of hydrogen-bond donors (Lipinski definition) is 0. The van der Waals surface area contributed by atoms with Gasteiger partial charge in [-0.05, 0) is 47.9 Å². The third-order valence-corrected chi connectivity index (χ3v) is 6.80. The lowest BCUT2D eigenvalue weighted by Gasteiger charge is -1.99. The van der Waals surface area contributed by atoms with Gasteiger partial charge in [-0.1, -0.05) is 45.9 Å². The minimum atomic E-state index is 0.678. The van der Waals surface area contributed by atoms with Gasteiger partial charge in [-0.2, -0.15) is 0 Å². The van der Waals surface area contributed by atoms with Gasteiger partial charge in [0.1, 0.15) is 0 Å². The number of thioether (sulfide) groups is 1. The first-order valence-corrected chi connectivity index (χ1v) is 10.6. The van der Waals surface area contributed by atoms with Crippen molar-refractivity contribution in [1.29, 1.82) is 0 Å². The van der Waals surface area contributed by atoms with Gasteiger partial charge in [-0.15, -0.1) is 16.4 Å². The van der Waals surface area contributed by atoms with E-state index in [1.807, 2.05) is 47.8 Å². The Kier molecular flexibility index (Phi) is 5.05. The van der Waals surface area contributed by atoms with Crippen LogP contribution in [0.15, 0.2) is 56.7 Å². The fourth-order valence-corrected chi connectivity index (χ4v) is 5.16. The zero-order valence-corrected chi connectivity index (χ0v) is 16.6. The highest BCUT2D eigenvalue weighted by atomic mass is 35.5. The van der Waals surface area contributed by atoms with E-state index in [1.54, 1.807) is 27.8 Å². The van der Waals surface area contributed by atoms with Crippen molar-refractivity contribution in [3.8, 4) is 16.3 Å². The van der Waals surface area contributed by atoms with Crippen LogP contribution in [0.1, 0.15) is 5.69 Å². The van der Waals surface area contributed by atoms with Crippen molar-refractivity contribution in [2.45, 2.75) is 10.1 Å². The van der Waals surface area contributed by atoms with Crippen LogP contribution in [0.5, 0.6) is 0 Å². The quantitative estimate of drug-likeness (QED) is 0.277. The lowest BCUT2D eigenvalue weighted by atomic mass is 10.3. The first-order valence-electron chi connectivity index (χ1n) is 7.17. The number of hydrogen-bond acceptors (Lipinski definition) is 7. The van der Waals surface area contributed by atoms with Crippen LogP contribution in [0.25, 0.3) is 16.3 Å². The molecule has 25 heavy (non-hydrogen) atoms. The summed E-state index contributed by atoms with van der Waals surface area (Å²) >= 11 is 16.0. The smallest absolute Gasteiger partial charge is 0.184 e. The van der Waals surface area contributed by atoms with E-state index < -0.39 is 0 Å². The molecule has 4 rings (SSSR count). The predicted molar refractivity (Wildman–Crippen MR) is 107 cm³/mol. The molecule has 0 aliphatic rings. The first-order chi connectivity index (χ1) is 12.2. The summed E-state index contributed by atoms with van der Waals surface area (Å²) in [7, 11) is 0. The molecule has 9 heteroatoms. The molecule has 3 aromatic heterocycles. The lowest BCUT2D eigenvalue weighted by molar-refractivity contribution is 0.427. The number of aromatic nitrogens is 3. The summed E-state index contributed by atoms with van der Waals surface area (Å²) in [6, 6.07) is 13.4. The predicted octanol–water partition coefficient (Wildman–Crippen LogP) is 6.33. The molecule has 0 aliphatic heterocycles. The number of rotatable bonds is 5. The van der Waals surface area contributed by atoms with Crippen LogP contribution in [0.4, 0.5) is 0 Å². The Morgan fingerprint density at radius 2 is 2.08 bits per heavy atom. The third kappa shape index (κ3) is 3.88. The van der Waals surface area contributed by atoms with Gasteiger partial charge < -0.3 is 4.52 Å². The van der Waals surface area contributed by atoms with Crippen molar-refractivity contribution in [3.05, 3.63) is 62.5 Å². The van der Waals surface area contributed by atoms with Crippen molar-refractivity contribution >= 4 is 58.3 Å². The number of thiophene rings is 1. The third-order valence-electron chi connectivity index (χ3n) is 3.27. The van der Waals surface area contributed by atoms with Crippen LogP contribution in [0.3, 0.4) is 0 Å². The van der Waals surface area contributed by atoms with Gasteiger partial charge in [0.15, 0.2) is 14.1 Å². The summed E-state index contributed by atoms with van der Waals surface area (Å²) in [4.78, 5) is 1.08. The van der Waals surface area contributed by atoms with Gasteiger partial charge in [0.2, 0.25) is 0 Å². The largest absolute Gasteiger partial charge is 0.355 e. The number of nitrogens with zero attached hydrogens (tertiary/aromatic N) is 3. The molecule has 0 N–H and O–H groups in total. The summed E-state index contributed by atoms with van der Waals surface area (Å²) in [6.45, 7) is 0. The Labute approximate surface area is 166 Å².